The highest BCUT2D eigenvalue weighted by Gasteiger charge is 2.24. The Morgan fingerprint density at radius 2 is 2.26 bits per heavy atom. The number of amides is 1. The number of anilines is 2. The van der Waals surface area contributed by atoms with Crippen LogP contribution >= 0.6 is 0 Å². The normalized spacial score (nSPS) is 18.0. The number of nitrogens with two attached hydrogens (primary N) is 1. The monoisotopic (exact) mass is 259 g/mol. The van der Waals surface area contributed by atoms with Gasteiger partial charge in [-0.3, -0.25) is 4.79 Å². The predicted octanol–water partition coefficient (Wildman–Crippen LogP) is 1.69. The molecule has 3 rings (SSSR count). The van der Waals surface area contributed by atoms with Gasteiger partial charge in [-0.05, 0) is 43.4 Å². The molecule has 1 fully saturated rings. The first-order valence-corrected chi connectivity index (χ1v) is 7.16. The van der Waals surface area contributed by atoms with E-state index in [4.69, 9.17) is 5.73 Å². The molecule has 1 heterocycles. The third-order valence-corrected chi connectivity index (χ3v) is 3.93. The molecule has 1 amide bonds. The number of nitrogen functional groups attached to an aromatic ring is 1. The molecule has 0 spiro atoms. The van der Waals surface area contributed by atoms with Crippen LogP contribution < -0.4 is 16.0 Å². The van der Waals surface area contributed by atoms with Crippen LogP contribution in [-0.2, 0) is 11.2 Å². The number of hydrogen-bond donors (Lipinski definition) is 2. The van der Waals surface area contributed by atoms with Crippen LogP contribution in [0.25, 0.3) is 0 Å². The smallest absolute Gasteiger partial charge is 0.221 e. The third-order valence-electron chi connectivity index (χ3n) is 3.93. The van der Waals surface area contributed by atoms with Crippen molar-refractivity contribution < 1.29 is 4.79 Å². The molecule has 4 nitrogen and oxygen atoms in total. The van der Waals surface area contributed by atoms with Crippen LogP contribution in [0, 0.1) is 0 Å². The quantitative estimate of drug-likeness (QED) is 0.809. The maximum absolute atomic E-state index is 11.8. The van der Waals surface area contributed by atoms with E-state index in [0.717, 1.165) is 44.5 Å². The van der Waals surface area contributed by atoms with Crippen LogP contribution in [-0.4, -0.2) is 25.0 Å². The Bertz CT molecular complexity index is 482. The number of benzene rings is 1. The second kappa shape index (κ2) is 5.11. The molecule has 1 aromatic rings. The first-order valence-electron chi connectivity index (χ1n) is 7.16. The van der Waals surface area contributed by atoms with Crippen molar-refractivity contribution in [2.45, 2.75) is 38.1 Å². The summed E-state index contributed by atoms with van der Waals surface area (Å²) in [5.74, 6) is 0.179. The van der Waals surface area contributed by atoms with Crippen molar-refractivity contribution in [2.75, 3.05) is 23.7 Å². The van der Waals surface area contributed by atoms with Gasteiger partial charge in [-0.25, -0.2) is 0 Å². The van der Waals surface area contributed by atoms with E-state index in [1.807, 2.05) is 12.1 Å². The molecular formula is C15H21N3O. The first-order chi connectivity index (χ1) is 9.24. The van der Waals surface area contributed by atoms with Crippen molar-refractivity contribution in [3.8, 4) is 0 Å². The van der Waals surface area contributed by atoms with Crippen molar-refractivity contribution >= 4 is 17.3 Å². The molecule has 19 heavy (non-hydrogen) atoms. The summed E-state index contributed by atoms with van der Waals surface area (Å²) in [6.07, 6.45) is 5.03. The minimum atomic E-state index is 0.179. The maximum atomic E-state index is 11.8. The zero-order valence-corrected chi connectivity index (χ0v) is 11.2. The van der Waals surface area contributed by atoms with Gasteiger partial charge in [0.05, 0.1) is 0 Å². The van der Waals surface area contributed by atoms with Gasteiger partial charge in [0.25, 0.3) is 0 Å². The van der Waals surface area contributed by atoms with Gasteiger partial charge in [0, 0.05) is 36.9 Å². The Hall–Kier alpha value is -1.71. The van der Waals surface area contributed by atoms with E-state index in [-0.39, 0.29) is 5.91 Å². The fraction of sp³-hybridized carbons (Fsp3) is 0.533. The second-order valence-corrected chi connectivity index (χ2v) is 5.53. The van der Waals surface area contributed by atoms with Gasteiger partial charge in [0.1, 0.15) is 0 Å². The summed E-state index contributed by atoms with van der Waals surface area (Å²) in [7, 11) is 0. The minimum absolute atomic E-state index is 0.179. The van der Waals surface area contributed by atoms with Gasteiger partial charge in [-0.15, -0.1) is 0 Å². The predicted molar refractivity (Wildman–Crippen MR) is 77.2 cm³/mol. The zero-order chi connectivity index (χ0) is 13.2. The summed E-state index contributed by atoms with van der Waals surface area (Å²) in [4.78, 5) is 14.0. The lowest BCUT2D eigenvalue weighted by atomic mass is 10.00. The van der Waals surface area contributed by atoms with Gasteiger partial charge in [-0.1, -0.05) is 6.07 Å². The van der Waals surface area contributed by atoms with E-state index >= 15 is 0 Å². The van der Waals surface area contributed by atoms with Crippen molar-refractivity contribution in [3.63, 3.8) is 0 Å². The Morgan fingerprint density at radius 3 is 3.05 bits per heavy atom. The summed E-state index contributed by atoms with van der Waals surface area (Å²) in [6.45, 7) is 1.81. The standard InChI is InChI=1S/C15H21N3O/c16-13-4-1-5-14-12(13)3-2-9-18(14)10-8-15(19)17-11-6-7-11/h1,4-5,11H,2-3,6-10,16H2,(H,17,19). The number of hydrogen-bond acceptors (Lipinski definition) is 3. The molecular weight excluding hydrogens is 238 g/mol. The molecule has 102 valence electrons. The summed E-state index contributed by atoms with van der Waals surface area (Å²) >= 11 is 0. The molecule has 0 atom stereocenters. The van der Waals surface area contributed by atoms with Gasteiger partial charge in [-0.2, -0.15) is 0 Å². The Balaban J connectivity index is 1.63. The Labute approximate surface area is 114 Å². The molecule has 0 bridgehead atoms. The molecule has 1 aliphatic heterocycles. The fourth-order valence-electron chi connectivity index (χ4n) is 2.72. The van der Waals surface area contributed by atoms with E-state index in [0.29, 0.717) is 12.5 Å². The fourth-order valence-corrected chi connectivity index (χ4v) is 2.72. The number of fused-ring (bicyclic) bond motifs is 1. The van der Waals surface area contributed by atoms with Gasteiger partial charge < -0.3 is 16.0 Å². The lowest BCUT2D eigenvalue weighted by Crippen LogP contribution is -2.34. The topological polar surface area (TPSA) is 58.4 Å². The number of nitrogens with one attached hydrogen (secondary N) is 1. The lowest BCUT2D eigenvalue weighted by molar-refractivity contribution is -0.121. The van der Waals surface area contributed by atoms with Crippen LogP contribution in [0.4, 0.5) is 11.4 Å². The largest absolute Gasteiger partial charge is 0.398 e. The van der Waals surface area contributed by atoms with E-state index in [1.54, 1.807) is 0 Å². The molecule has 0 unspecified atom stereocenters. The van der Waals surface area contributed by atoms with Gasteiger partial charge >= 0.3 is 0 Å². The number of carbonyl (C=O) groups is 1. The molecule has 0 radical (unpaired) electrons. The van der Waals surface area contributed by atoms with Crippen molar-refractivity contribution in [1.82, 2.24) is 5.32 Å². The third kappa shape index (κ3) is 2.83. The van der Waals surface area contributed by atoms with Crippen molar-refractivity contribution in [2.24, 2.45) is 0 Å². The van der Waals surface area contributed by atoms with Crippen LogP contribution in [0.2, 0.25) is 0 Å². The minimum Gasteiger partial charge on any atom is -0.398 e. The first kappa shape index (κ1) is 12.3. The van der Waals surface area contributed by atoms with Gasteiger partial charge in [0.15, 0.2) is 0 Å². The van der Waals surface area contributed by atoms with E-state index < -0.39 is 0 Å². The van der Waals surface area contributed by atoms with Crippen LogP contribution in [0.15, 0.2) is 18.2 Å². The number of carbonyl (C=O) groups excluding carboxylic acids is 1. The molecule has 1 aromatic carbocycles. The summed E-state index contributed by atoms with van der Waals surface area (Å²) in [6, 6.07) is 6.53. The highest BCUT2D eigenvalue weighted by Crippen LogP contribution is 2.31. The number of nitrogens with zero attached hydrogens (tertiary/aromatic N) is 1. The average Bonchev–Trinajstić information content (AvgIpc) is 3.21. The zero-order valence-electron chi connectivity index (χ0n) is 11.2. The van der Waals surface area contributed by atoms with Crippen molar-refractivity contribution in [1.29, 1.82) is 0 Å². The van der Waals surface area contributed by atoms with E-state index in [9.17, 15) is 4.79 Å². The van der Waals surface area contributed by atoms with Crippen molar-refractivity contribution in [3.05, 3.63) is 23.8 Å². The molecule has 1 aliphatic carbocycles. The van der Waals surface area contributed by atoms with E-state index in [2.05, 4.69) is 16.3 Å². The number of rotatable bonds is 4. The molecule has 3 N–H and O–H groups in total. The SMILES string of the molecule is Nc1cccc2c1CCCN2CCC(=O)NC1CC1. The molecule has 0 aromatic heterocycles. The molecule has 1 saturated carbocycles. The summed E-state index contributed by atoms with van der Waals surface area (Å²) < 4.78 is 0. The van der Waals surface area contributed by atoms with Crippen LogP contribution in [0.3, 0.4) is 0 Å². The summed E-state index contributed by atoms with van der Waals surface area (Å²) in [5.41, 5.74) is 9.37. The lowest BCUT2D eigenvalue weighted by Gasteiger charge is -2.31. The van der Waals surface area contributed by atoms with Crippen LogP contribution in [0.1, 0.15) is 31.2 Å². The summed E-state index contributed by atoms with van der Waals surface area (Å²) in [5, 5.41) is 3.04. The molecule has 4 heteroatoms. The second-order valence-electron chi connectivity index (χ2n) is 5.53. The van der Waals surface area contributed by atoms with Crippen LogP contribution in [0.5, 0.6) is 0 Å². The highest BCUT2D eigenvalue weighted by molar-refractivity contribution is 5.77. The molecule has 2 aliphatic rings. The van der Waals surface area contributed by atoms with E-state index in [1.165, 1.54) is 11.3 Å². The van der Waals surface area contributed by atoms with Gasteiger partial charge in [0.2, 0.25) is 5.91 Å². The Kier molecular flexibility index (Phi) is 3.32. The Morgan fingerprint density at radius 1 is 1.42 bits per heavy atom. The highest BCUT2D eigenvalue weighted by atomic mass is 16.1. The maximum Gasteiger partial charge on any atom is 0.221 e. The molecule has 0 saturated heterocycles. The average molecular weight is 259 g/mol.